The van der Waals surface area contributed by atoms with Crippen molar-refractivity contribution in [2.24, 2.45) is 5.41 Å². The highest BCUT2D eigenvalue weighted by atomic mass is 33.1. The van der Waals surface area contributed by atoms with Gasteiger partial charge in [-0.2, -0.15) is 0 Å². The normalized spacial score (nSPS) is 27.5. The molecule has 1 aromatic rings. The van der Waals surface area contributed by atoms with Crippen molar-refractivity contribution < 1.29 is 34.2 Å². The molecule has 224 valence electrons. The fourth-order valence-electron chi connectivity index (χ4n) is 6.07. The predicted octanol–water partition coefficient (Wildman–Crippen LogP) is 2.00. The number of aliphatic carboxylic acids is 1. The summed E-state index contributed by atoms with van der Waals surface area (Å²) in [7, 11) is 2.46. The van der Waals surface area contributed by atoms with Crippen LogP contribution in [0, 0.1) is 5.41 Å². The van der Waals surface area contributed by atoms with Crippen molar-refractivity contribution in [3.63, 3.8) is 0 Å². The zero-order chi connectivity index (χ0) is 29.6. The standard InChI is InChI=1S/C28H38N4O7S2/c1-17(33)32-14-9-20(18-5-7-19(34)8-6-18)23(32)25(36)30-21-15-40-41-16-22(26(37)38)31-27(39)28(10-3-2-4-11-28)12-13-29-24(21)35/h5-8,20-23,34H,2-4,9-16H2,1H3,(H,29,35)(H,30,36)(H,31,39)(H,37,38)/t20-,21-,22-,23?/m0/s1. The Morgan fingerprint density at radius 1 is 1.02 bits per heavy atom. The molecule has 0 aromatic heterocycles. The van der Waals surface area contributed by atoms with Gasteiger partial charge in [0.25, 0.3) is 0 Å². The molecular weight excluding hydrogens is 568 g/mol. The lowest BCUT2D eigenvalue weighted by Gasteiger charge is -2.36. The quantitative estimate of drug-likeness (QED) is 0.322. The Bertz CT molecular complexity index is 1140. The molecule has 1 spiro atoms. The van der Waals surface area contributed by atoms with E-state index in [1.54, 1.807) is 24.3 Å². The van der Waals surface area contributed by atoms with Gasteiger partial charge in [0, 0.05) is 37.4 Å². The third-order valence-corrected chi connectivity index (χ3v) is 10.8. The lowest BCUT2D eigenvalue weighted by Crippen LogP contribution is -2.55. The number of carbonyl (C=O) groups excluding carboxylic acids is 4. The number of benzene rings is 1. The van der Waals surface area contributed by atoms with Crippen LogP contribution in [-0.4, -0.2) is 87.4 Å². The number of phenols is 1. The van der Waals surface area contributed by atoms with Gasteiger partial charge in [-0.05, 0) is 43.4 Å². The van der Waals surface area contributed by atoms with Crippen LogP contribution in [0.4, 0.5) is 0 Å². The van der Waals surface area contributed by atoms with Gasteiger partial charge in [-0.1, -0.05) is 53.0 Å². The van der Waals surface area contributed by atoms with Crippen molar-refractivity contribution in [1.82, 2.24) is 20.9 Å². The summed E-state index contributed by atoms with van der Waals surface area (Å²) in [5.41, 5.74) is 0.0678. The Morgan fingerprint density at radius 3 is 2.37 bits per heavy atom. The van der Waals surface area contributed by atoms with Crippen LogP contribution in [0.1, 0.15) is 63.4 Å². The summed E-state index contributed by atoms with van der Waals surface area (Å²) < 4.78 is 0. The van der Waals surface area contributed by atoms with Crippen LogP contribution in [0.5, 0.6) is 5.75 Å². The van der Waals surface area contributed by atoms with Crippen molar-refractivity contribution in [3.05, 3.63) is 29.8 Å². The molecule has 2 heterocycles. The van der Waals surface area contributed by atoms with Crippen molar-refractivity contribution in [1.29, 1.82) is 0 Å². The van der Waals surface area contributed by atoms with Crippen LogP contribution in [0.25, 0.3) is 0 Å². The minimum Gasteiger partial charge on any atom is -0.508 e. The summed E-state index contributed by atoms with van der Waals surface area (Å²) in [6.45, 7) is 2.01. The van der Waals surface area contributed by atoms with Gasteiger partial charge in [0.2, 0.25) is 23.6 Å². The first-order valence-electron chi connectivity index (χ1n) is 14.0. The molecule has 1 saturated carbocycles. The topological polar surface area (TPSA) is 165 Å². The molecule has 1 unspecified atom stereocenters. The van der Waals surface area contributed by atoms with Gasteiger partial charge in [0.05, 0.1) is 5.41 Å². The van der Waals surface area contributed by atoms with E-state index in [1.807, 2.05) is 0 Å². The second-order valence-corrected chi connectivity index (χ2v) is 13.6. The van der Waals surface area contributed by atoms with E-state index in [9.17, 15) is 34.2 Å². The molecule has 0 radical (unpaired) electrons. The average molecular weight is 607 g/mol. The number of phenolic OH excluding ortho intramolecular Hbond substituents is 1. The maximum atomic E-state index is 13.7. The molecule has 2 saturated heterocycles. The van der Waals surface area contributed by atoms with Gasteiger partial charge in [0.1, 0.15) is 23.9 Å². The fraction of sp³-hybridized carbons (Fsp3) is 0.607. The van der Waals surface area contributed by atoms with Gasteiger partial charge in [0.15, 0.2) is 0 Å². The Labute approximate surface area is 247 Å². The molecule has 1 aromatic carbocycles. The van der Waals surface area contributed by atoms with Crippen LogP contribution in [0.2, 0.25) is 0 Å². The highest BCUT2D eigenvalue weighted by Gasteiger charge is 2.43. The Hall–Kier alpha value is -2.93. The van der Waals surface area contributed by atoms with Crippen molar-refractivity contribution in [3.8, 4) is 5.75 Å². The number of nitrogens with one attached hydrogen (secondary N) is 3. The number of carbonyl (C=O) groups is 5. The molecular formula is C28H38N4O7S2. The average Bonchev–Trinajstić information content (AvgIpc) is 3.40. The molecule has 13 heteroatoms. The molecule has 5 N–H and O–H groups in total. The molecule has 4 rings (SSSR count). The molecule has 3 fully saturated rings. The lowest BCUT2D eigenvalue weighted by molar-refractivity contribution is -0.144. The van der Waals surface area contributed by atoms with E-state index in [1.165, 1.54) is 33.4 Å². The summed E-state index contributed by atoms with van der Waals surface area (Å²) in [4.78, 5) is 66.2. The molecule has 4 amide bonds. The van der Waals surface area contributed by atoms with Crippen molar-refractivity contribution in [2.45, 2.75) is 75.9 Å². The van der Waals surface area contributed by atoms with Gasteiger partial charge < -0.3 is 31.1 Å². The van der Waals surface area contributed by atoms with E-state index in [0.717, 1.165) is 24.8 Å². The summed E-state index contributed by atoms with van der Waals surface area (Å²) in [6.07, 6.45) is 4.92. The zero-order valence-electron chi connectivity index (χ0n) is 23.1. The van der Waals surface area contributed by atoms with Gasteiger partial charge >= 0.3 is 5.97 Å². The first-order chi connectivity index (χ1) is 19.6. The predicted molar refractivity (Wildman–Crippen MR) is 156 cm³/mol. The van der Waals surface area contributed by atoms with Gasteiger partial charge in [-0.3, -0.25) is 19.2 Å². The van der Waals surface area contributed by atoms with Crippen LogP contribution in [-0.2, 0) is 24.0 Å². The third kappa shape index (κ3) is 7.48. The summed E-state index contributed by atoms with van der Waals surface area (Å²) >= 11 is 0. The highest BCUT2D eigenvalue weighted by molar-refractivity contribution is 8.76. The first-order valence-corrected chi connectivity index (χ1v) is 16.5. The minimum absolute atomic E-state index is 0.100. The number of likely N-dealkylation sites (tertiary alicyclic amines) is 1. The number of hydrogen-bond donors (Lipinski definition) is 5. The van der Waals surface area contributed by atoms with Crippen molar-refractivity contribution >= 4 is 51.2 Å². The molecule has 11 nitrogen and oxygen atoms in total. The van der Waals surface area contributed by atoms with E-state index in [-0.39, 0.29) is 47.4 Å². The number of hydrogen-bond acceptors (Lipinski definition) is 8. The smallest absolute Gasteiger partial charge is 0.327 e. The summed E-state index contributed by atoms with van der Waals surface area (Å²) in [6, 6.07) is 3.74. The highest BCUT2D eigenvalue weighted by Crippen LogP contribution is 2.40. The van der Waals surface area contributed by atoms with Crippen LogP contribution in [0.3, 0.4) is 0 Å². The number of carboxylic acid groups (broad SMARTS) is 1. The Morgan fingerprint density at radius 2 is 1.71 bits per heavy atom. The van der Waals surface area contributed by atoms with E-state index < -0.39 is 35.4 Å². The molecule has 3 aliphatic rings. The van der Waals surface area contributed by atoms with Crippen LogP contribution >= 0.6 is 21.6 Å². The second kappa shape index (κ2) is 13.8. The second-order valence-electron chi connectivity index (χ2n) is 11.0. The molecule has 0 bridgehead atoms. The SMILES string of the molecule is CC(=O)N1CC[C@@H](c2ccc(O)cc2)C1C(=O)N[C@H]1CSSC[C@@H](C(=O)O)NC(=O)C2(CCCCC2)CCNC1=O. The number of aromatic hydroxyl groups is 1. The third-order valence-electron chi connectivity index (χ3n) is 8.38. The largest absolute Gasteiger partial charge is 0.508 e. The van der Waals surface area contributed by atoms with Crippen LogP contribution in [0.15, 0.2) is 24.3 Å². The zero-order valence-corrected chi connectivity index (χ0v) is 24.7. The maximum absolute atomic E-state index is 13.7. The van der Waals surface area contributed by atoms with Gasteiger partial charge in [-0.15, -0.1) is 0 Å². The lowest BCUT2D eigenvalue weighted by atomic mass is 9.71. The molecule has 4 atom stereocenters. The summed E-state index contributed by atoms with van der Waals surface area (Å²) in [5, 5.41) is 27.9. The Kier molecular flexibility index (Phi) is 10.5. The van der Waals surface area contributed by atoms with Gasteiger partial charge in [-0.25, -0.2) is 4.79 Å². The summed E-state index contributed by atoms with van der Waals surface area (Å²) in [5.74, 6) is -2.41. The Balaban J connectivity index is 1.52. The van der Waals surface area contributed by atoms with E-state index >= 15 is 0 Å². The minimum atomic E-state index is -1.11. The molecule has 2 aliphatic heterocycles. The van der Waals surface area contributed by atoms with E-state index in [2.05, 4.69) is 16.0 Å². The maximum Gasteiger partial charge on any atom is 0.327 e. The first kappa shape index (κ1) is 31.0. The van der Waals surface area contributed by atoms with Crippen LogP contribution < -0.4 is 16.0 Å². The van der Waals surface area contributed by atoms with Crippen molar-refractivity contribution in [2.75, 3.05) is 24.6 Å². The fourth-order valence-corrected chi connectivity index (χ4v) is 8.39. The number of rotatable bonds is 4. The monoisotopic (exact) mass is 606 g/mol. The van der Waals surface area contributed by atoms with E-state index in [0.29, 0.717) is 32.2 Å². The molecule has 41 heavy (non-hydrogen) atoms. The molecule has 1 aliphatic carbocycles. The van der Waals surface area contributed by atoms with E-state index in [4.69, 9.17) is 0 Å². The number of amides is 4. The number of carboxylic acids is 1. The number of nitrogens with zero attached hydrogens (tertiary/aromatic N) is 1.